The van der Waals surface area contributed by atoms with Crippen LogP contribution in [0.5, 0.6) is 0 Å². The molecule has 66 valence electrons. The van der Waals surface area contributed by atoms with Crippen LogP contribution in [0, 0.1) is 5.82 Å². The lowest BCUT2D eigenvalue weighted by atomic mass is 10.2. The molecular weight excluding hydrogens is 165 g/mol. The largest absolute Gasteiger partial charge is 0.481 e. The van der Waals surface area contributed by atoms with Gasteiger partial charge in [0.25, 0.3) is 0 Å². The topological polar surface area (TPSA) is 76.5 Å². The zero-order chi connectivity index (χ0) is 9.14. The summed E-state index contributed by atoms with van der Waals surface area (Å²) in [7, 11) is 0. The number of hydrogen-bond acceptors (Lipinski definition) is 3. The molecule has 1 rings (SSSR count). The van der Waals surface area contributed by atoms with Crippen LogP contribution in [0.3, 0.4) is 0 Å². The Morgan fingerprint density at radius 2 is 2.50 bits per heavy atom. The Morgan fingerprint density at radius 1 is 1.83 bits per heavy atom. The van der Waals surface area contributed by atoms with E-state index < -0.39 is 17.8 Å². The van der Waals surface area contributed by atoms with E-state index in [0.717, 1.165) is 12.3 Å². The first-order chi connectivity index (χ1) is 5.61. The van der Waals surface area contributed by atoms with E-state index in [4.69, 9.17) is 10.8 Å². The highest BCUT2D eigenvalue weighted by Crippen LogP contribution is 2.18. The van der Waals surface area contributed by atoms with Crippen LogP contribution >= 0.6 is 0 Å². The summed E-state index contributed by atoms with van der Waals surface area (Å²) in [5, 5.41) is 8.33. The number of carbonyl (C=O) groups is 1. The summed E-state index contributed by atoms with van der Waals surface area (Å²) in [6.45, 7) is 0. The molecule has 12 heavy (non-hydrogen) atoms. The molecule has 0 aliphatic heterocycles. The number of halogens is 1. The van der Waals surface area contributed by atoms with Gasteiger partial charge in [-0.2, -0.15) is 0 Å². The number of carboxylic acids is 1. The summed E-state index contributed by atoms with van der Waals surface area (Å²) in [6, 6.07) is 0.175. The maximum atomic E-state index is 12.7. The Kier molecular flexibility index (Phi) is 2.44. The zero-order valence-electron chi connectivity index (χ0n) is 6.16. The lowest BCUT2D eigenvalue weighted by Gasteiger charge is -2.03. The quantitative estimate of drug-likeness (QED) is 0.711. The van der Waals surface area contributed by atoms with Gasteiger partial charge in [0.2, 0.25) is 0 Å². The van der Waals surface area contributed by atoms with Crippen LogP contribution in [-0.4, -0.2) is 11.1 Å². The highest BCUT2D eigenvalue weighted by molar-refractivity contribution is 5.67. The summed E-state index contributed by atoms with van der Waals surface area (Å²) in [5.41, 5.74) is 5.33. The lowest BCUT2D eigenvalue weighted by molar-refractivity contribution is -0.137. The fraction of sp³-hybridized carbons (Fsp3) is 0.286. The van der Waals surface area contributed by atoms with Gasteiger partial charge in [-0.1, -0.05) is 0 Å². The van der Waals surface area contributed by atoms with E-state index in [9.17, 15) is 9.18 Å². The third-order valence-electron chi connectivity index (χ3n) is 1.38. The van der Waals surface area contributed by atoms with Gasteiger partial charge in [0, 0.05) is 6.07 Å². The molecule has 0 aliphatic rings. The minimum Gasteiger partial charge on any atom is -0.481 e. The molecule has 1 unspecified atom stereocenters. The molecule has 0 amide bonds. The van der Waals surface area contributed by atoms with Crippen LogP contribution in [0.15, 0.2) is 16.7 Å². The molecule has 1 atom stereocenters. The maximum Gasteiger partial charge on any atom is 0.305 e. The number of hydrogen-bond donors (Lipinski definition) is 2. The molecule has 3 N–H and O–H groups in total. The van der Waals surface area contributed by atoms with Gasteiger partial charge in [-0.25, -0.2) is 4.39 Å². The van der Waals surface area contributed by atoms with Crippen LogP contribution in [0.25, 0.3) is 0 Å². The van der Waals surface area contributed by atoms with Gasteiger partial charge in [0.15, 0.2) is 11.6 Å². The van der Waals surface area contributed by atoms with Gasteiger partial charge in [-0.05, 0) is 0 Å². The van der Waals surface area contributed by atoms with Gasteiger partial charge in [-0.3, -0.25) is 4.79 Å². The van der Waals surface area contributed by atoms with E-state index in [-0.39, 0.29) is 12.2 Å². The monoisotopic (exact) mass is 173 g/mol. The highest BCUT2D eigenvalue weighted by Gasteiger charge is 2.17. The summed E-state index contributed by atoms with van der Waals surface area (Å²) < 4.78 is 17.3. The van der Waals surface area contributed by atoms with Crippen molar-refractivity contribution in [2.45, 2.75) is 12.5 Å². The molecule has 0 bridgehead atoms. The van der Waals surface area contributed by atoms with Crippen molar-refractivity contribution in [1.82, 2.24) is 0 Å². The van der Waals surface area contributed by atoms with Gasteiger partial charge in [0.1, 0.15) is 0 Å². The number of carboxylic acid groups (broad SMARTS) is 1. The van der Waals surface area contributed by atoms with E-state index in [1.807, 2.05) is 0 Å². The molecule has 1 aromatic rings. The average molecular weight is 173 g/mol. The Morgan fingerprint density at radius 3 is 2.92 bits per heavy atom. The fourth-order valence-corrected chi connectivity index (χ4v) is 0.851. The highest BCUT2D eigenvalue weighted by atomic mass is 19.1. The van der Waals surface area contributed by atoms with Crippen molar-refractivity contribution in [3.05, 3.63) is 23.9 Å². The van der Waals surface area contributed by atoms with E-state index >= 15 is 0 Å². The molecule has 0 radical (unpaired) electrons. The molecule has 1 heterocycles. The summed E-state index contributed by atoms with van der Waals surface area (Å²) in [5.74, 6) is -1.81. The van der Waals surface area contributed by atoms with Crippen molar-refractivity contribution >= 4 is 5.97 Å². The first-order valence-corrected chi connectivity index (χ1v) is 3.31. The van der Waals surface area contributed by atoms with E-state index in [0.29, 0.717) is 0 Å². The SMILES string of the molecule is NC(CC(=O)O)c1occc1F. The first kappa shape index (κ1) is 8.73. The summed E-state index contributed by atoms with van der Waals surface area (Å²) in [4.78, 5) is 10.2. The van der Waals surface area contributed by atoms with Crippen LogP contribution in [-0.2, 0) is 4.79 Å². The number of nitrogens with two attached hydrogens (primary N) is 1. The number of rotatable bonds is 3. The van der Waals surface area contributed by atoms with Gasteiger partial charge in [0.05, 0.1) is 18.7 Å². The molecule has 0 spiro atoms. The maximum absolute atomic E-state index is 12.7. The second-order valence-corrected chi connectivity index (χ2v) is 2.34. The lowest BCUT2D eigenvalue weighted by Crippen LogP contribution is -2.15. The zero-order valence-corrected chi connectivity index (χ0v) is 6.16. The normalized spacial score (nSPS) is 12.8. The van der Waals surface area contributed by atoms with Crippen molar-refractivity contribution in [3.63, 3.8) is 0 Å². The third-order valence-corrected chi connectivity index (χ3v) is 1.38. The van der Waals surface area contributed by atoms with Crippen molar-refractivity contribution in [2.75, 3.05) is 0 Å². The van der Waals surface area contributed by atoms with Crippen LogP contribution in [0.1, 0.15) is 18.2 Å². The van der Waals surface area contributed by atoms with Crippen molar-refractivity contribution in [3.8, 4) is 0 Å². The molecule has 1 aromatic heterocycles. The van der Waals surface area contributed by atoms with Crippen molar-refractivity contribution in [2.24, 2.45) is 5.73 Å². The van der Waals surface area contributed by atoms with Crippen molar-refractivity contribution in [1.29, 1.82) is 0 Å². The van der Waals surface area contributed by atoms with Crippen LogP contribution < -0.4 is 5.73 Å². The minimum absolute atomic E-state index is 0.114. The van der Waals surface area contributed by atoms with Crippen molar-refractivity contribution < 1.29 is 18.7 Å². The predicted molar refractivity (Wildman–Crippen MR) is 37.8 cm³/mol. The Hall–Kier alpha value is -1.36. The molecule has 5 heteroatoms. The smallest absolute Gasteiger partial charge is 0.305 e. The van der Waals surface area contributed by atoms with Gasteiger partial charge in [-0.15, -0.1) is 0 Å². The second kappa shape index (κ2) is 3.36. The van der Waals surface area contributed by atoms with E-state index in [1.165, 1.54) is 0 Å². The molecule has 0 saturated carbocycles. The Bertz CT molecular complexity index is 284. The van der Waals surface area contributed by atoms with Gasteiger partial charge >= 0.3 is 5.97 Å². The van der Waals surface area contributed by atoms with E-state index in [2.05, 4.69) is 4.42 Å². The molecular formula is C7H8FNO3. The Labute approximate surface area is 67.8 Å². The predicted octanol–water partition coefficient (Wildman–Crippen LogP) is 0.893. The summed E-state index contributed by atoms with van der Waals surface area (Å²) >= 11 is 0. The number of furan rings is 1. The molecule has 0 aliphatic carbocycles. The molecule has 0 saturated heterocycles. The van der Waals surface area contributed by atoms with Gasteiger partial charge < -0.3 is 15.3 Å². The van der Waals surface area contributed by atoms with E-state index in [1.54, 1.807) is 0 Å². The van der Waals surface area contributed by atoms with Crippen LogP contribution in [0.4, 0.5) is 4.39 Å². The molecule has 0 aromatic carbocycles. The third kappa shape index (κ3) is 1.82. The first-order valence-electron chi connectivity index (χ1n) is 3.31. The molecule has 0 fully saturated rings. The Balaban J connectivity index is 2.71. The molecule has 4 nitrogen and oxygen atoms in total. The average Bonchev–Trinajstić information content (AvgIpc) is 2.33. The van der Waals surface area contributed by atoms with Crippen LogP contribution in [0.2, 0.25) is 0 Å². The second-order valence-electron chi connectivity index (χ2n) is 2.34. The fourth-order valence-electron chi connectivity index (χ4n) is 0.851. The minimum atomic E-state index is -1.08. The summed E-state index contributed by atoms with van der Waals surface area (Å²) in [6.07, 6.45) is 0.789. The number of aliphatic carboxylic acids is 1. The standard InChI is InChI=1S/C7H8FNO3/c8-4-1-2-12-7(4)5(9)3-6(10)11/h1-2,5H,3,9H2,(H,10,11).